The number of aromatic nitrogens is 2. The molecule has 2 N–H and O–H groups in total. The first kappa shape index (κ1) is 18.5. The normalized spacial score (nSPS) is 10.2. The quantitative estimate of drug-likeness (QED) is 0.664. The van der Waals surface area contributed by atoms with E-state index in [2.05, 4.69) is 20.8 Å². The fraction of sp³-hybridized carbons (Fsp3) is 0.105. The SMILES string of the molecule is COc1ccc(NC(=O)c2ccc(Nc3ccc(OC)c(Cl)c3)nn2)cc1. The van der Waals surface area contributed by atoms with Crippen LogP contribution in [0.3, 0.4) is 0 Å². The summed E-state index contributed by atoms with van der Waals surface area (Å²) in [4.78, 5) is 12.3. The maximum atomic E-state index is 12.3. The Kier molecular flexibility index (Phi) is 5.73. The molecule has 0 saturated heterocycles. The van der Waals surface area contributed by atoms with E-state index in [1.54, 1.807) is 68.8 Å². The largest absolute Gasteiger partial charge is 0.497 e. The van der Waals surface area contributed by atoms with Gasteiger partial charge in [0.1, 0.15) is 11.5 Å². The predicted molar refractivity (Wildman–Crippen MR) is 104 cm³/mol. The van der Waals surface area contributed by atoms with Crippen LogP contribution in [-0.4, -0.2) is 30.3 Å². The maximum absolute atomic E-state index is 12.3. The van der Waals surface area contributed by atoms with Crippen molar-refractivity contribution in [3.63, 3.8) is 0 Å². The first-order valence-corrected chi connectivity index (χ1v) is 8.36. The number of anilines is 3. The summed E-state index contributed by atoms with van der Waals surface area (Å²) in [6.45, 7) is 0. The molecule has 0 radical (unpaired) electrons. The van der Waals surface area contributed by atoms with Crippen molar-refractivity contribution in [1.29, 1.82) is 0 Å². The molecule has 2 aromatic carbocycles. The van der Waals surface area contributed by atoms with Gasteiger partial charge in [-0.15, -0.1) is 10.2 Å². The van der Waals surface area contributed by atoms with E-state index >= 15 is 0 Å². The number of hydrogen-bond acceptors (Lipinski definition) is 6. The van der Waals surface area contributed by atoms with Crippen LogP contribution in [-0.2, 0) is 0 Å². The average Bonchev–Trinajstić information content (AvgIpc) is 2.69. The van der Waals surface area contributed by atoms with E-state index in [4.69, 9.17) is 21.1 Å². The third kappa shape index (κ3) is 4.65. The van der Waals surface area contributed by atoms with Crippen molar-refractivity contribution < 1.29 is 14.3 Å². The van der Waals surface area contributed by atoms with Crippen molar-refractivity contribution in [3.05, 3.63) is 65.3 Å². The van der Waals surface area contributed by atoms with Crippen LogP contribution in [0.15, 0.2) is 54.6 Å². The number of nitrogens with zero attached hydrogens (tertiary/aromatic N) is 2. The van der Waals surface area contributed by atoms with Gasteiger partial charge in [0, 0.05) is 11.4 Å². The van der Waals surface area contributed by atoms with Crippen molar-refractivity contribution in [2.45, 2.75) is 0 Å². The molecular formula is C19H17ClN4O3. The van der Waals surface area contributed by atoms with Crippen LogP contribution < -0.4 is 20.1 Å². The highest BCUT2D eigenvalue weighted by atomic mass is 35.5. The minimum atomic E-state index is -0.355. The van der Waals surface area contributed by atoms with Gasteiger partial charge in [0.2, 0.25) is 0 Å². The van der Waals surface area contributed by atoms with Crippen molar-refractivity contribution in [1.82, 2.24) is 10.2 Å². The highest BCUT2D eigenvalue weighted by Gasteiger charge is 2.09. The van der Waals surface area contributed by atoms with Crippen LogP contribution in [0.1, 0.15) is 10.5 Å². The third-order valence-corrected chi connectivity index (χ3v) is 3.96. The molecule has 1 aromatic heterocycles. The second-order valence-electron chi connectivity index (χ2n) is 5.46. The summed E-state index contributed by atoms with van der Waals surface area (Å²) < 4.78 is 10.2. The summed E-state index contributed by atoms with van der Waals surface area (Å²) in [5, 5.41) is 14.3. The smallest absolute Gasteiger partial charge is 0.276 e. The van der Waals surface area contributed by atoms with Crippen LogP contribution in [0.2, 0.25) is 5.02 Å². The molecule has 1 amide bonds. The van der Waals surface area contributed by atoms with Gasteiger partial charge in [-0.3, -0.25) is 4.79 Å². The maximum Gasteiger partial charge on any atom is 0.276 e. The summed E-state index contributed by atoms with van der Waals surface area (Å²) in [5.41, 5.74) is 1.56. The number of benzene rings is 2. The number of rotatable bonds is 6. The van der Waals surface area contributed by atoms with E-state index in [-0.39, 0.29) is 11.6 Å². The summed E-state index contributed by atoms with van der Waals surface area (Å²) in [7, 11) is 3.13. The standard InChI is InChI=1S/C19H17ClN4O3/c1-26-14-6-3-12(4-7-14)22-19(25)16-8-10-18(24-23-16)21-13-5-9-17(27-2)15(20)11-13/h3-11H,1-2H3,(H,21,24)(H,22,25). The molecule has 1 heterocycles. The summed E-state index contributed by atoms with van der Waals surface area (Å²) in [6, 6.07) is 15.5. The highest BCUT2D eigenvalue weighted by Crippen LogP contribution is 2.28. The Morgan fingerprint density at radius 3 is 2.26 bits per heavy atom. The van der Waals surface area contributed by atoms with E-state index in [0.29, 0.717) is 28.0 Å². The summed E-state index contributed by atoms with van der Waals surface area (Å²) in [6.07, 6.45) is 0. The number of carbonyl (C=O) groups excluding carboxylic acids is 1. The summed E-state index contributed by atoms with van der Waals surface area (Å²) in [5.74, 6) is 1.42. The number of methoxy groups -OCH3 is 2. The van der Waals surface area contributed by atoms with Crippen molar-refractivity contribution in [2.75, 3.05) is 24.9 Å². The van der Waals surface area contributed by atoms with Crippen LogP contribution in [0.4, 0.5) is 17.2 Å². The lowest BCUT2D eigenvalue weighted by Crippen LogP contribution is -2.14. The molecule has 138 valence electrons. The first-order chi connectivity index (χ1) is 13.1. The van der Waals surface area contributed by atoms with Gasteiger partial charge in [-0.05, 0) is 54.6 Å². The zero-order valence-electron chi connectivity index (χ0n) is 14.7. The number of amides is 1. The molecule has 3 rings (SSSR count). The van der Waals surface area contributed by atoms with Gasteiger partial charge in [0.15, 0.2) is 11.5 Å². The van der Waals surface area contributed by atoms with Crippen molar-refractivity contribution in [3.8, 4) is 11.5 Å². The van der Waals surface area contributed by atoms with Crippen molar-refractivity contribution in [2.24, 2.45) is 0 Å². The van der Waals surface area contributed by atoms with Crippen LogP contribution >= 0.6 is 11.6 Å². The van der Waals surface area contributed by atoms with Gasteiger partial charge in [-0.1, -0.05) is 11.6 Å². The molecule has 27 heavy (non-hydrogen) atoms. The van der Waals surface area contributed by atoms with Gasteiger partial charge in [0.05, 0.1) is 19.2 Å². The zero-order valence-corrected chi connectivity index (χ0v) is 15.4. The molecule has 7 nitrogen and oxygen atoms in total. The van der Waals surface area contributed by atoms with Crippen LogP contribution in [0.5, 0.6) is 11.5 Å². The number of ether oxygens (including phenoxy) is 2. The zero-order chi connectivity index (χ0) is 19.2. The van der Waals surface area contributed by atoms with E-state index in [1.165, 1.54) is 0 Å². The fourth-order valence-corrected chi connectivity index (χ4v) is 2.54. The molecular weight excluding hydrogens is 368 g/mol. The van der Waals surface area contributed by atoms with Crippen LogP contribution in [0.25, 0.3) is 0 Å². The molecule has 8 heteroatoms. The lowest BCUT2D eigenvalue weighted by molar-refractivity contribution is 0.102. The fourth-order valence-electron chi connectivity index (χ4n) is 2.28. The molecule has 0 aliphatic carbocycles. The molecule has 0 aliphatic heterocycles. The Hall–Kier alpha value is -3.32. The Labute approximate surface area is 161 Å². The molecule has 3 aromatic rings. The van der Waals surface area contributed by atoms with Gasteiger partial charge in [-0.2, -0.15) is 0 Å². The van der Waals surface area contributed by atoms with E-state index < -0.39 is 0 Å². The van der Waals surface area contributed by atoms with Gasteiger partial charge in [-0.25, -0.2) is 0 Å². The van der Waals surface area contributed by atoms with Gasteiger partial charge < -0.3 is 20.1 Å². The van der Waals surface area contributed by atoms with Crippen LogP contribution in [0, 0.1) is 0 Å². The molecule has 0 saturated carbocycles. The highest BCUT2D eigenvalue weighted by molar-refractivity contribution is 6.32. The molecule has 0 aliphatic rings. The second kappa shape index (κ2) is 8.37. The Morgan fingerprint density at radius 2 is 1.67 bits per heavy atom. The van der Waals surface area contributed by atoms with E-state index in [9.17, 15) is 4.79 Å². The average molecular weight is 385 g/mol. The number of hydrogen-bond donors (Lipinski definition) is 2. The molecule has 0 fully saturated rings. The Balaban J connectivity index is 1.65. The lowest BCUT2D eigenvalue weighted by atomic mass is 10.2. The number of nitrogens with one attached hydrogen (secondary N) is 2. The number of carbonyl (C=O) groups is 1. The van der Waals surface area contributed by atoms with E-state index in [0.717, 1.165) is 5.69 Å². The lowest BCUT2D eigenvalue weighted by Gasteiger charge is -2.09. The Bertz CT molecular complexity index is 931. The second-order valence-corrected chi connectivity index (χ2v) is 5.87. The molecule has 0 unspecified atom stereocenters. The van der Waals surface area contributed by atoms with Crippen molar-refractivity contribution >= 4 is 34.7 Å². The molecule has 0 bridgehead atoms. The first-order valence-electron chi connectivity index (χ1n) is 7.99. The predicted octanol–water partition coefficient (Wildman–Crippen LogP) is 4.14. The van der Waals surface area contributed by atoms with E-state index in [1.807, 2.05) is 0 Å². The molecule has 0 atom stereocenters. The topological polar surface area (TPSA) is 85.4 Å². The third-order valence-electron chi connectivity index (χ3n) is 3.67. The summed E-state index contributed by atoms with van der Waals surface area (Å²) >= 11 is 6.10. The minimum Gasteiger partial charge on any atom is -0.497 e. The molecule has 0 spiro atoms. The number of halogens is 1. The van der Waals surface area contributed by atoms with Gasteiger partial charge >= 0.3 is 0 Å². The Morgan fingerprint density at radius 1 is 0.926 bits per heavy atom. The monoisotopic (exact) mass is 384 g/mol. The minimum absolute atomic E-state index is 0.198. The van der Waals surface area contributed by atoms with Gasteiger partial charge in [0.25, 0.3) is 5.91 Å².